The zero-order valence-electron chi connectivity index (χ0n) is 12.0. The normalized spacial score (nSPS) is 18.6. The van der Waals surface area contributed by atoms with Crippen LogP contribution in [0.15, 0.2) is 24.3 Å². The molecule has 0 aliphatic heterocycles. The molecular weight excluding hydrogens is 236 g/mol. The lowest BCUT2D eigenvalue weighted by molar-refractivity contribution is 0.143. The first-order valence-corrected chi connectivity index (χ1v) is 7.34. The van der Waals surface area contributed by atoms with Crippen LogP contribution in [0.5, 0.6) is 0 Å². The fourth-order valence-corrected chi connectivity index (χ4v) is 3.05. The van der Waals surface area contributed by atoms with Gasteiger partial charge in [-0.25, -0.2) is 0 Å². The zero-order valence-corrected chi connectivity index (χ0v) is 12.0. The summed E-state index contributed by atoms with van der Waals surface area (Å²) in [5.41, 5.74) is 8.81. The smallest absolute Gasteiger partial charge is 0.0589 e. The molecule has 0 aromatic heterocycles. The Morgan fingerprint density at radius 1 is 1.32 bits per heavy atom. The Labute approximate surface area is 116 Å². The molecule has 1 aromatic rings. The average Bonchev–Trinajstić information content (AvgIpc) is 2.45. The topological polar surface area (TPSA) is 38.5 Å². The van der Waals surface area contributed by atoms with Crippen LogP contribution in [0.2, 0.25) is 0 Å². The molecule has 0 radical (unpaired) electrons. The second-order valence-electron chi connectivity index (χ2n) is 5.37. The lowest BCUT2D eigenvalue weighted by Crippen LogP contribution is -2.36. The minimum Gasteiger partial charge on any atom is -0.383 e. The van der Waals surface area contributed by atoms with E-state index in [2.05, 4.69) is 29.2 Å². The van der Waals surface area contributed by atoms with Gasteiger partial charge in [-0.05, 0) is 36.3 Å². The highest BCUT2D eigenvalue weighted by atomic mass is 16.5. The molecule has 0 spiro atoms. The van der Waals surface area contributed by atoms with E-state index in [1.165, 1.54) is 24.8 Å². The molecule has 1 atom stereocenters. The molecular formula is C16H26N2O. The molecule has 19 heavy (non-hydrogen) atoms. The molecule has 0 saturated carbocycles. The van der Waals surface area contributed by atoms with E-state index in [0.717, 1.165) is 32.8 Å². The molecule has 3 nitrogen and oxygen atoms in total. The van der Waals surface area contributed by atoms with Crippen molar-refractivity contribution in [2.75, 3.05) is 39.9 Å². The van der Waals surface area contributed by atoms with Gasteiger partial charge in [0.2, 0.25) is 0 Å². The summed E-state index contributed by atoms with van der Waals surface area (Å²) in [6, 6.07) is 8.91. The third kappa shape index (κ3) is 4.03. The molecule has 0 amide bonds. The van der Waals surface area contributed by atoms with Crippen LogP contribution in [-0.4, -0.2) is 44.8 Å². The number of nitrogens with two attached hydrogens (primary N) is 1. The van der Waals surface area contributed by atoms with Crippen molar-refractivity contribution in [3.05, 3.63) is 35.4 Å². The van der Waals surface area contributed by atoms with E-state index in [1.54, 1.807) is 12.7 Å². The number of rotatable bonds is 7. The van der Waals surface area contributed by atoms with E-state index < -0.39 is 0 Å². The Hall–Kier alpha value is -0.900. The third-order valence-corrected chi connectivity index (χ3v) is 4.03. The highest BCUT2D eigenvalue weighted by Crippen LogP contribution is 2.31. The summed E-state index contributed by atoms with van der Waals surface area (Å²) >= 11 is 0. The molecule has 2 rings (SSSR count). The van der Waals surface area contributed by atoms with Gasteiger partial charge in [-0.3, -0.25) is 4.90 Å². The molecule has 3 heteroatoms. The number of benzene rings is 1. The van der Waals surface area contributed by atoms with Gasteiger partial charge in [-0.2, -0.15) is 0 Å². The van der Waals surface area contributed by atoms with Crippen molar-refractivity contribution < 1.29 is 4.74 Å². The van der Waals surface area contributed by atoms with E-state index in [0.29, 0.717) is 5.92 Å². The van der Waals surface area contributed by atoms with Gasteiger partial charge in [-0.1, -0.05) is 24.3 Å². The summed E-state index contributed by atoms with van der Waals surface area (Å²) in [6.07, 6.45) is 3.84. The SMILES string of the molecule is COCCN(CCN)CC1CCCc2ccccc21. The Bertz CT molecular complexity index is 381. The number of methoxy groups -OCH3 is 1. The van der Waals surface area contributed by atoms with Crippen LogP contribution >= 0.6 is 0 Å². The predicted octanol–water partition coefficient (Wildman–Crippen LogP) is 2.01. The lowest BCUT2D eigenvalue weighted by Gasteiger charge is -2.31. The molecule has 106 valence electrons. The van der Waals surface area contributed by atoms with E-state index in [1.807, 2.05) is 0 Å². The maximum atomic E-state index is 5.72. The second kappa shape index (κ2) is 7.63. The maximum absolute atomic E-state index is 5.72. The van der Waals surface area contributed by atoms with Crippen LogP contribution in [0.25, 0.3) is 0 Å². The van der Waals surface area contributed by atoms with Crippen molar-refractivity contribution in [3.63, 3.8) is 0 Å². The Kier molecular flexibility index (Phi) is 5.83. The largest absolute Gasteiger partial charge is 0.383 e. The van der Waals surface area contributed by atoms with Gasteiger partial charge in [0.05, 0.1) is 6.61 Å². The quantitative estimate of drug-likeness (QED) is 0.817. The number of fused-ring (bicyclic) bond motifs is 1. The number of ether oxygens (including phenoxy) is 1. The van der Waals surface area contributed by atoms with Gasteiger partial charge in [0, 0.05) is 33.3 Å². The van der Waals surface area contributed by atoms with Crippen molar-refractivity contribution >= 4 is 0 Å². The second-order valence-corrected chi connectivity index (χ2v) is 5.37. The minimum atomic E-state index is 0.661. The summed E-state index contributed by atoms with van der Waals surface area (Å²) in [5.74, 6) is 0.661. The molecule has 1 unspecified atom stereocenters. The number of hydrogen-bond donors (Lipinski definition) is 1. The predicted molar refractivity (Wildman–Crippen MR) is 79.5 cm³/mol. The van der Waals surface area contributed by atoms with Gasteiger partial charge in [-0.15, -0.1) is 0 Å². The van der Waals surface area contributed by atoms with Gasteiger partial charge >= 0.3 is 0 Å². The van der Waals surface area contributed by atoms with Crippen molar-refractivity contribution in [2.24, 2.45) is 5.73 Å². The standard InChI is InChI=1S/C16H26N2O/c1-19-12-11-18(10-9-17)13-15-7-4-6-14-5-2-3-8-16(14)15/h2-3,5,8,15H,4,6-7,9-13,17H2,1H3. The molecule has 1 aliphatic rings. The lowest BCUT2D eigenvalue weighted by atomic mass is 9.82. The summed E-state index contributed by atoms with van der Waals surface area (Å²) in [7, 11) is 1.76. The first kappa shape index (κ1) is 14.5. The van der Waals surface area contributed by atoms with Gasteiger partial charge in [0.25, 0.3) is 0 Å². The van der Waals surface area contributed by atoms with Crippen molar-refractivity contribution in [3.8, 4) is 0 Å². The van der Waals surface area contributed by atoms with Crippen LogP contribution in [0.1, 0.15) is 29.9 Å². The Morgan fingerprint density at radius 2 is 2.16 bits per heavy atom. The Morgan fingerprint density at radius 3 is 2.95 bits per heavy atom. The Balaban J connectivity index is 2.01. The van der Waals surface area contributed by atoms with Gasteiger partial charge in [0.1, 0.15) is 0 Å². The molecule has 2 N–H and O–H groups in total. The van der Waals surface area contributed by atoms with E-state index in [-0.39, 0.29) is 0 Å². The number of hydrogen-bond acceptors (Lipinski definition) is 3. The molecule has 1 aromatic carbocycles. The first-order valence-electron chi connectivity index (χ1n) is 7.34. The molecule has 0 bridgehead atoms. The van der Waals surface area contributed by atoms with Crippen LogP contribution in [0, 0.1) is 0 Å². The van der Waals surface area contributed by atoms with Crippen LogP contribution in [0.4, 0.5) is 0 Å². The molecule has 0 heterocycles. The minimum absolute atomic E-state index is 0.661. The van der Waals surface area contributed by atoms with E-state index in [9.17, 15) is 0 Å². The van der Waals surface area contributed by atoms with Crippen molar-refractivity contribution in [1.29, 1.82) is 0 Å². The number of nitrogens with zero attached hydrogens (tertiary/aromatic N) is 1. The van der Waals surface area contributed by atoms with Crippen molar-refractivity contribution in [1.82, 2.24) is 4.90 Å². The van der Waals surface area contributed by atoms with E-state index >= 15 is 0 Å². The average molecular weight is 262 g/mol. The monoisotopic (exact) mass is 262 g/mol. The fraction of sp³-hybridized carbons (Fsp3) is 0.625. The maximum Gasteiger partial charge on any atom is 0.0589 e. The summed E-state index contributed by atoms with van der Waals surface area (Å²) in [4.78, 5) is 2.44. The van der Waals surface area contributed by atoms with Crippen molar-refractivity contribution in [2.45, 2.75) is 25.2 Å². The van der Waals surface area contributed by atoms with Crippen LogP contribution < -0.4 is 5.73 Å². The highest BCUT2D eigenvalue weighted by molar-refractivity contribution is 5.32. The third-order valence-electron chi connectivity index (χ3n) is 4.03. The van der Waals surface area contributed by atoms with Gasteiger partial charge in [0.15, 0.2) is 0 Å². The van der Waals surface area contributed by atoms with Gasteiger partial charge < -0.3 is 10.5 Å². The zero-order chi connectivity index (χ0) is 13.5. The molecule has 0 saturated heterocycles. The number of aryl methyl sites for hydroxylation is 1. The summed E-state index contributed by atoms with van der Waals surface area (Å²) in [6.45, 7) is 4.55. The highest BCUT2D eigenvalue weighted by Gasteiger charge is 2.21. The fourth-order valence-electron chi connectivity index (χ4n) is 3.05. The van der Waals surface area contributed by atoms with Crippen LogP contribution in [-0.2, 0) is 11.2 Å². The molecule has 0 fully saturated rings. The van der Waals surface area contributed by atoms with Crippen LogP contribution in [0.3, 0.4) is 0 Å². The summed E-state index contributed by atoms with van der Waals surface area (Å²) < 4.78 is 5.19. The summed E-state index contributed by atoms with van der Waals surface area (Å²) in [5, 5.41) is 0. The first-order chi connectivity index (χ1) is 9.35. The van der Waals surface area contributed by atoms with E-state index in [4.69, 9.17) is 10.5 Å². The molecule has 1 aliphatic carbocycles.